The van der Waals surface area contributed by atoms with Gasteiger partial charge in [-0.15, -0.1) is 5.10 Å². The Labute approximate surface area is 122 Å². The Kier molecular flexibility index (Phi) is 4.68. The van der Waals surface area contributed by atoms with Crippen LogP contribution in [-0.4, -0.2) is 29.8 Å². The van der Waals surface area contributed by atoms with Crippen molar-refractivity contribution in [3.8, 4) is 0 Å². The van der Waals surface area contributed by atoms with E-state index >= 15 is 0 Å². The molecule has 5 nitrogen and oxygen atoms in total. The van der Waals surface area contributed by atoms with E-state index in [0.717, 1.165) is 6.54 Å². The lowest BCUT2D eigenvalue weighted by Gasteiger charge is -2.37. The summed E-state index contributed by atoms with van der Waals surface area (Å²) >= 11 is 0. The quantitative estimate of drug-likeness (QED) is 0.898. The van der Waals surface area contributed by atoms with Crippen LogP contribution in [0.15, 0.2) is 4.42 Å². The predicted molar refractivity (Wildman–Crippen MR) is 80.8 cm³/mol. The second-order valence-corrected chi connectivity index (χ2v) is 6.71. The van der Waals surface area contributed by atoms with E-state index in [2.05, 4.69) is 48.2 Å². The van der Waals surface area contributed by atoms with Gasteiger partial charge in [-0.3, -0.25) is 0 Å². The Morgan fingerprint density at radius 3 is 2.60 bits per heavy atom. The van der Waals surface area contributed by atoms with Crippen molar-refractivity contribution in [1.82, 2.24) is 15.5 Å². The third-order valence-corrected chi connectivity index (χ3v) is 4.47. The second-order valence-electron chi connectivity index (χ2n) is 6.71. The Morgan fingerprint density at radius 1 is 1.35 bits per heavy atom. The zero-order chi connectivity index (χ0) is 14.8. The molecule has 1 aromatic rings. The molecule has 1 atom stereocenters. The standard InChI is InChI=1S/C15H28N4O/c1-6-16-11(2)13-17-18-14(20-13)19(5)12-7-9-15(3,4)10-8-12/h11-12,16H,6-10H2,1-5H3. The van der Waals surface area contributed by atoms with Crippen molar-refractivity contribution >= 4 is 6.01 Å². The van der Waals surface area contributed by atoms with Crippen LogP contribution in [-0.2, 0) is 0 Å². The Morgan fingerprint density at radius 2 is 2.00 bits per heavy atom. The molecule has 1 saturated carbocycles. The van der Waals surface area contributed by atoms with E-state index in [9.17, 15) is 0 Å². The van der Waals surface area contributed by atoms with Crippen LogP contribution in [0.4, 0.5) is 6.01 Å². The van der Waals surface area contributed by atoms with Crippen molar-refractivity contribution in [2.45, 2.75) is 65.5 Å². The summed E-state index contributed by atoms with van der Waals surface area (Å²) in [5.41, 5.74) is 0.483. The maximum Gasteiger partial charge on any atom is 0.318 e. The molecule has 5 heteroatoms. The third-order valence-electron chi connectivity index (χ3n) is 4.47. The molecule has 0 radical (unpaired) electrons. The van der Waals surface area contributed by atoms with Gasteiger partial charge in [-0.2, -0.15) is 0 Å². The first-order valence-electron chi connectivity index (χ1n) is 7.72. The predicted octanol–water partition coefficient (Wildman–Crippen LogP) is 3.15. The van der Waals surface area contributed by atoms with Crippen LogP contribution in [0.5, 0.6) is 0 Å². The highest BCUT2D eigenvalue weighted by Gasteiger charge is 2.30. The smallest absolute Gasteiger partial charge is 0.318 e. The second kappa shape index (κ2) is 6.12. The SMILES string of the molecule is CCNC(C)c1nnc(N(C)C2CCC(C)(C)CC2)o1. The van der Waals surface area contributed by atoms with Gasteiger partial charge in [0, 0.05) is 13.1 Å². The van der Waals surface area contributed by atoms with Crippen LogP contribution in [0.1, 0.15) is 65.3 Å². The number of hydrogen-bond acceptors (Lipinski definition) is 5. The van der Waals surface area contributed by atoms with Crippen LogP contribution in [0.2, 0.25) is 0 Å². The molecule has 1 aliphatic rings. The average Bonchev–Trinajstić information content (AvgIpc) is 2.88. The van der Waals surface area contributed by atoms with E-state index in [-0.39, 0.29) is 6.04 Å². The van der Waals surface area contributed by atoms with Crippen LogP contribution < -0.4 is 10.2 Å². The average molecular weight is 280 g/mol. The van der Waals surface area contributed by atoms with Crippen LogP contribution in [0.3, 0.4) is 0 Å². The van der Waals surface area contributed by atoms with Gasteiger partial charge in [-0.05, 0) is 44.6 Å². The maximum atomic E-state index is 5.81. The van der Waals surface area contributed by atoms with Gasteiger partial charge in [0.05, 0.1) is 6.04 Å². The van der Waals surface area contributed by atoms with Gasteiger partial charge in [0.1, 0.15) is 0 Å². The monoisotopic (exact) mass is 280 g/mol. The summed E-state index contributed by atoms with van der Waals surface area (Å²) in [5.74, 6) is 0.671. The van der Waals surface area contributed by atoms with E-state index in [1.807, 2.05) is 6.92 Å². The first-order chi connectivity index (χ1) is 9.43. The van der Waals surface area contributed by atoms with Gasteiger partial charge in [-0.1, -0.05) is 25.9 Å². The largest absolute Gasteiger partial charge is 0.406 e. The fraction of sp³-hybridized carbons (Fsp3) is 0.867. The lowest BCUT2D eigenvalue weighted by atomic mass is 9.75. The van der Waals surface area contributed by atoms with Gasteiger partial charge in [0.15, 0.2) is 0 Å². The van der Waals surface area contributed by atoms with Gasteiger partial charge in [0.2, 0.25) is 5.89 Å². The van der Waals surface area contributed by atoms with E-state index < -0.39 is 0 Å². The summed E-state index contributed by atoms with van der Waals surface area (Å²) in [6.45, 7) is 9.72. The third kappa shape index (κ3) is 3.51. The number of nitrogens with one attached hydrogen (secondary N) is 1. The Bertz CT molecular complexity index is 419. The fourth-order valence-electron chi connectivity index (χ4n) is 2.86. The molecule has 1 N–H and O–H groups in total. The lowest BCUT2D eigenvalue weighted by Crippen LogP contribution is -2.37. The summed E-state index contributed by atoms with van der Waals surface area (Å²) in [6, 6.07) is 1.28. The fourth-order valence-corrected chi connectivity index (χ4v) is 2.86. The van der Waals surface area contributed by atoms with E-state index in [0.29, 0.717) is 23.4 Å². The van der Waals surface area contributed by atoms with E-state index in [1.165, 1.54) is 25.7 Å². The molecule has 0 amide bonds. The number of hydrogen-bond donors (Lipinski definition) is 1. The van der Waals surface area contributed by atoms with Crippen molar-refractivity contribution in [3.05, 3.63) is 5.89 Å². The highest BCUT2D eigenvalue weighted by atomic mass is 16.4. The van der Waals surface area contributed by atoms with Gasteiger partial charge in [0.25, 0.3) is 0 Å². The highest BCUT2D eigenvalue weighted by Crippen LogP contribution is 2.37. The van der Waals surface area contributed by atoms with Crippen molar-refractivity contribution in [3.63, 3.8) is 0 Å². The van der Waals surface area contributed by atoms with Gasteiger partial charge >= 0.3 is 6.01 Å². The molecule has 2 rings (SSSR count). The van der Waals surface area contributed by atoms with Crippen LogP contribution in [0, 0.1) is 5.41 Å². The summed E-state index contributed by atoms with van der Waals surface area (Å²) in [5, 5.41) is 11.6. The minimum Gasteiger partial charge on any atom is -0.406 e. The molecular formula is C15H28N4O. The number of aromatic nitrogens is 2. The van der Waals surface area contributed by atoms with Crippen molar-refractivity contribution in [2.24, 2.45) is 5.41 Å². The topological polar surface area (TPSA) is 54.2 Å². The van der Waals surface area contributed by atoms with Gasteiger partial charge < -0.3 is 14.6 Å². The zero-order valence-electron chi connectivity index (χ0n) is 13.4. The molecule has 0 aliphatic heterocycles. The molecule has 0 saturated heterocycles. The minimum absolute atomic E-state index is 0.111. The molecule has 114 valence electrons. The maximum absolute atomic E-state index is 5.81. The van der Waals surface area contributed by atoms with E-state index in [1.54, 1.807) is 0 Å². The molecule has 1 heterocycles. The molecule has 0 bridgehead atoms. The number of nitrogens with zero attached hydrogens (tertiary/aromatic N) is 3. The van der Waals surface area contributed by atoms with Gasteiger partial charge in [-0.25, -0.2) is 0 Å². The lowest BCUT2D eigenvalue weighted by molar-refractivity contribution is 0.219. The normalized spacial score (nSPS) is 20.9. The zero-order valence-corrected chi connectivity index (χ0v) is 13.4. The molecule has 0 aromatic carbocycles. The first-order valence-corrected chi connectivity index (χ1v) is 7.72. The highest BCUT2D eigenvalue weighted by molar-refractivity contribution is 5.25. The molecule has 1 unspecified atom stereocenters. The summed E-state index contributed by atoms with van der Waals surface area (Å²) < 4.78 is 5.81. The van der Waals surface area contributed by atoms with Crippen molar-refractivity contribution in [2.75, 3.05) is 18.5 Å². The molecule has 1 aliphatic carbocycles. The van der Waals surface area contributed by atoms with Crippen LogP contribution >= 0.6 is 0 Å². The molecular weight excluding hydrogens is 252 g/mol. The minimum atomic E-state index is 0.111. The molecule has 20 heavy (non-hydrogen) atoms. The van der Waals surface area contributed by atoms with E-state index in [4.69, 9.17) is 4.42 Å². The summed E-state index contributed by atoms with van der Waals surface area (Å²) in [4.78, 5) is 2.16. The van der Waals surface area contributed by atoms with Crippen molar-refractivity contribution < 1.29 is 4.42 Å². The first kappa shape index (κ1) is 15.3. The van der Waals surface area contributed by atoms with Crippen molar-refractivity contribution in [1.29, 1.82) is 0 Å². The Hall–Kier alpha value is -1.10. The summed E-state index contributed by atoms with van der Waals surface area (Å²) in [7, 11) is 2.07. The number of anilines is 1. The molecule has 1 fully saturated rings. The molecule has 1 aromatic heterocycles. The molecule has 0 spiro atoms. The Balaban J connectivity index is 1.98. The summed E-state index contributed by atoms with van der Waals surface area (Å²) in [6.07, 6.45) is 4.92. The number of rotatable bonds is 5. The van der Waals surface area contributed by atoms with Crippen LogP contribution in [0.25, 0.3) is 0 Å².